The van der Waals surface area contributed by atoms with Crippen molar-refractivity contribution >= 4 is 38.9 Å². The van der Waals surface area contributed by atoms with Crippen molar-refractivity contribution in [2.75, 3.05) is 18.9 Å². The molecule has 222 valence electrons. The molecule has 1 unspecified atom stereocenters. The van der Waals surface area contributed by atoms with Crippen LogP contribution < -0.4 is 5.73 Å². The first-order valence-electron chi connectivity index (χ1n) is 10.5. The van der Waals surface area contributed by atoms with E-state index in [0.717, 1.165) is 6.33 Å². The van der Waals surface area contributed by atoms with E-state index in [1.54, 1.807) is 0 Å². The fourth-order valence-corrected chi connectivity index (χ4v) is 4.70. The van der Waals surface area contributed by atoms with Crippen LogP contribution in [0.4, 0.5) is 5.82 Å². The van der Waals surface area contributed by atoms with Crippen molar-refractivity contribution in [2.45, 2.75) is 49.0 Å². The van der Waals surface area contributed by atoms with Gasteiger partial charge in [0.05, 0.1) is 19.5 Å². The molecular formula is C16H27N5O16P2. The molecule has 0 bridgehead atoms. The lowest BCUT2D eigenvalue weighted by molar-refractivity contribution is -0.136. The van der Waals surface area contributed by atoms with Crippen LogP contribution in [0.3, 0.4) is 0 Å². The molecule has 23 heteroatoms. The van der Waals surface area contributed by atoms with Crippen LogP contribution in [0.5, 0.6) is 0 Å². The minimum atomic E-state index is -5.29. The van der Waals surface area contributed by atoms with Gasteiger partial charge in [-0.25, -0.2) is 24.1 Å². The third-order valence-electron chi connectivity index (χ3n) is 5.03. The number of anilines is 1. The second-order valence-corrected chi connectivity index (χ2v) is 10.7. The summed E-state index contributed by atoms with van der Waals surface area (Å²) in [5.41, 5.74) is 6.11. The maximum Gasteiger partial charge on any atom is 0.481 e. The lowest BCUT2D eigenvalue weighted by Crippen LogP contribution is -2.46. The Kier molecular flexibility index (Phi) is 11.5. The van der Waals surface area contributed by atoms with Gasteiger partial charge >= 0.3 is 15.6 Å². The van der Waals surface area contributed by atoms with Crippen molar-refractivity contribution in [1.82, 2.24) is 19.5 Å². The van der Waals surface area contributed by atoms with E-state index in [1.165, 1.54) is 10.9 Å². The van der Waals surface area contributed by atoms with E-state index < -0.39 is 77.8 Å². The molecule has 3 rings (SSSR count). The Morgan fingerprint density at radius 3 is 2.28 bits per heavy atom. The number of nitrogens with two attached hydrogens (primary N) is 1. The zero-order chi connectivity index (χ0) is 29.7. The van der Waals surface area contributed by atoms with Gasteiger partial charge in [-0.15, -0.1) is 0 Å². The molecule has 0 aliphatic carbocycles. The first kappa shape index (κ1) is 33.2. The minimum absolute atomic E-state index is 0.0258. The van der Waals surface area contributed by atoms with Gasteiger partial charge in [-0.05, 0) is 0 Å². The van der Waals surface area contributed by atoms with E-state index in [-0.39, 0.29) is 23.3 Å². The number of aromatic nitrogens is 4. The lowest BCUT2D eigenvalue weighted by atomic mass is 10.0. The summed E-state index contributed by atoms with van der Waals surface area (Å²) in [6.07, 6.45) is -10.0. The standard InChI is InChI=1S/C10H15N5O10P2.C6H12O6/c11-8-5-9(13-2-12-8)15(3-14-5)10-7(17)6(16)4(24-10)1-23-27(21,22)25-26(18,19)20;7-1-3(9)5(11)6(12)4(10)2-8/h2-4,6-7,10,16-17H,1H2,(H,21,22)(H2,11,12,13)(H2,18,19,20);1,3-6,8-12H,2H2/t4-,6-,7-,10-;3-,4+,5+,6-/m10/s1. The molecule has 0 saturated carbocycles. The predicted molar refractivity (Wildman–Crippen MR) is 122 cm³/mol. The van der Waals surface area contributed by atoms with Crippen molar-refractivity contribution in [3.05, 3.63) is 12.7 Å². The second-order valence-electron chi connectivity index (χ2n) is 7.82. The van der Waals surface area contributed by atoms with Crippen LogP contribution in [0.1, 0.15) is 6.23 Å². The Labute approximate surface area is 217 Å². The fraction of sp³-hybridized carbons (Fsp3) is 0.625. The molecule has 1 fully saturated rings. The average Bonchev–Trinajstić information content (AvgIpc) is 3.41. The number of phosphoric acid groups is 2. The first-order chi connectivity index (χ1) is 18.0. The zero-order valence-corrected chi connectivity index (χ0v) is 21.2. The maximum absolute atomic E-state index is 11.5. The average molecular weight is 607 g/mol. The van der Waals surface area contributed by atoms with E-state index in [2.05, 4.69) is 23.8 Å². The number of nitrogens with zero attached hydrogens (tertiary/aromatic N) is 4. The summed E-state index contributed by atoms with van der Waals surface area (Å²) in [4.78, 5) is 48.0. The topological polar surface area (TPSA) is 351 Å². The molecule has 39 heavy (non-hydrogen) atoms. The van der Waals surface area contributed by atoms with Crippen molar-refractivity contribution in [1.29, 1.82) is 0 Å². The van der Waals surface area contributed by atoms with E-state index in [9.17, 15) is 29.0 Å². The molecule has 0 radical (unpaired) electrons. The third-order valence-corrected chi connectivity index (χ3v) is 7.18. The number of ether oxygens (including phenoxy) is 1. The molecule has 12 N–H and O–H groups in total. The molecule has 0 amide bonds. The number of hydrogen-bond donors (Lipinski definition) is 11. The first-order valence-corrected chi connectivity index (χ1v) is 13.5. The Hall–Kier alpha value is -2.04. The number of aliphatic hydroxyl groups is 7. The molecule has 3 heterocycles. The molecule has 1 aliphatic heterocycles. The number of hydrogen-bond acceptors (Lipinski definition) is 17. The number of phosphoric ester groups is 1. The zero-order valence-electron chi connectivity index (χ0n) is 19.4. The van der Waals surface area contributed by atoms with Crippen molar-refractivity contribution in [3.63, 3.8) is 0 Å². The summed E-state index contributed by atoms with van der Waals surface area (Å²) in [6.45, 7) is -1.57. The van der Waals surface area contributed by atoms with E-state index in [4.69, 9.17) is 45.8 Å². The third kappa shape index (κ3) is 8.72. The largest absolute Gasteiger partial charge is 0.481 e. The maximum atomic E-state index is 11.5. The quantitative estimate of drug-likeness (QED) is 0.0840. The van der Waals surface area contributed by atoms with Gasteiger partial charge in [0.15, 0.2) is 24.0 Å². The fourth-order valence-electron chi connectivity index (χ4n) is 3.10. The van der Waals surface area contributed by atoms with Gasteiger partial charge in [0.1, 0.15) is 54.6 Å². The van der Waals surface area contributed by atoms with Gasteiger partial charge in [0, 0.05) is 0 Å². The van der Waals surface area contributed by atoms with Crippen LogP contribution in [0, 0.1) is 0 Å². The smallest absolute Gasteiger partial charge is 0.394 e. The summed E-state index contributed by atoms with van der Waals surface area (Å²) < 4.78 is 36.8. The van der Waals surface area contributed by atoms with Crippen LogP contribution in [-0.2, 0) is 27.5 Å². The SMILES string of the molecule is Nc1ncnc2c1ncn2[C@@H]1O[C@H](COP(=O)(O)OP(=O)(O)O)[C@@H](O)[C@H]1O.O=C[C@H](O)[C@@H](O)[C@@H](O)[C@H](O)CO. The molecule has 1 saturated heterocycles. The van der Waals surface area contributed by atoms with Crippen LogP contribution in [0.25, 0.3) is 11.2 Å². The van der Waals surface area contributed by atoms with Crippen LogP contribution in [-0.4, -0.2) is 132 Å². The van der Waals surface area contributed by atoms with E-state index in [0.29, 0.717) is 0 Å². The summed E-state index contributed by atoms with van der Waals surface area (Å²) in [5, 5.41) is 63.8. The van der Waals surface area contributed by atoms with Gasteiger partial charge in [0.2, 0.25) is 0 Å². The highest BCUT2D eigenvalue weighted by Gasteiger charge is 2.46. The summed E-state index contributed by atoms with van der Waals surface area (Å²) in [5.74, 6) is 0.0856. The number of imidazole rings is 1. The number of fused-ring (bicyclic) bond motifs is 1. The number of rotatable bonds is 11. The number of nitrogen functional groups attached to an aromatic ring is 1. The van der Waals surface area contributed by atoms with Gasteiger partial charge in [-0.3, -0.25) is 9.09 Å². The molecule has 2 aromatic rings. The van der Waals surface area contributed by atoms with Gasteiger partial charge < -0.3 is 65.7 Å². The van der Waals surface area contributed by atoms with Crippen LogP contribution >= 0.6 is 15.6 Å². The van der Waals surface area contributed by atoms with Crippen LogP contribution in [0.15, 0.2) is 12.7 Å². The molecule has 0 spiro atoms. The second kappa shape index (κ2) is 13.5. The van der Waals surface area contributed by atoms with Gasteiger partial charge in [-0.2, -0.15) is 4.31 Å². The van der Waals surface area contributed by atoms with Crippen molar-refractivity contribution in [3.8, 4) is 0 Å². The molecule has 9 atom stereocenters. The van der Waals surface area contributed by atoms with Crippen molar-refractivity contribution in [2.24, 2.45) is 0 Å². The number of carbonyl (C=O) groups is 1. The molecule has 0 aromatic carbocycles. The number of aliphatic hydroxyl groups excluding tert-OH is 7. The Morgan fingerprint density at radius 2 is 1.72 bits per heavy atom. The Balaban J connectivity index is 0.000000377. The highest BCUT2D eigenvalue weighted by atomic mass is 31.3. The number of carbonyl (C=O) groups excluding carboxylic acids is 1. The summed E-state index contributed by atoms with van der Waals surface area (Å²) in [7, 11) is -10.4. The predicted octanol–water partition coefficient (Wildman–Crippen LogP) is -5.12. The highest BCUT2D eigenvalue weighted by molar-refractivity contribution is 7.60. The monoisotopic (exact) mass is 607 g/mol. The van der Waals surface area contributed by atoms with E-state index >= 15 is 0 Å². The van der Waals surface area contributed by atoms with Gasteiger partial charge in [-0.1, -0.05) is 0 Å². The minimum Gasteiger partial charge on any atom is -0.394 e. The Bertz CT molecular complexity index is 1200. The van der Waals surface area contributed by atoms with Gasteiger partial charge in [0.25, 0.3) is 0 Å². The molecule has 21 nitrogen and oxygen atoms in total. The molecule has 1 aliphatic rings. The van der Waals surface area contributed by atoms with Crippen molar-refractivity contribution < 1.29 is 77.9 Å². The Morgan fingerprint density at radius 1 is 1.08 bits per heavy atom. The lowest BCUT2D eigenvalue weighted by Gasteiger charge is -2.22. The molecular weight excluding hydrogens is 580 g/mol. The molecule has 2 aromatic heterocycles. The number of aldehydes is 1. The van der Waals surface area contributed by atoms with E-state index in [1.807, 2.05) is 0 Å². The highest BCUT2D eigenvalue weighted by Crippen LogP contribution is 2.57. The normalized spacial score (nSPS) is 26.2. The summed E-state index contributed by atoms with van der Waals surface area (Å²) in [6, 6.07) is 0. The summed E-state index contributed by atoms with van der Waals surface area (Å²) >= 11 is 0. The van der Waals surface area contributed by atoms with Crippen LogP contribution in [0.2, 0.25) is 0 Å².